The van der Waals surface area contributed by atoms with Crippen molar-refractivity contribution in [1.82, 2.24) is 9.96 Å². The van der Waals surface area contributed by atoms with Crippen LogP contribution in [0.5, 0.6) is 0 Å². The predicted molar refractivity (Wildman–Crippen MR) is 152 cm³/mol. The Balaban J connectivity index is 1.51. The second kappa shape index (κ2) is 11.4. The quantitative estimate of drug-likeness (QED) is 0.400. The Labute approximate surface area is 231 Å². The van der Waals surface area contributed by atoms with Crippen LogP contribution in [-0.4, -0.2) is 62.7 Å². The molecule has 204 valence electrons. The summed E-state index contributed by atoms with van der Waals surface area (Å²) in [5.74, 6) is -0.832. The molecule has 5 rings (SSSR count). The van der Waals surface area contributed by atoms with E-state index in [0.717, 1.165) is 5.56 Å². The number of hydroxylamine groups is 2. The average molecular weight is 545 g/mol. The topological polar surface area (TPSA) is 68.3 Å². The Morgan fingerprint density at radius 2 is 1.49 bits per heavy atom. The maximum absolute atomic E-state index is 13.6. The summed E-state index contributed by atoms with van der Waals surface area (Å²) in [6.45, 7) is 8.14. The van der Waals surface area contributed by atoms with Gasteiger partial charge < -0.3 is 9.16 Å². The molecular formula is C31H36N2O5Si. The Morgan fingerprint density at radius 3 is 2.00 bits per heavy atom. The first-order valence-electron chi connectivity index (χ1n) is 13.5. The number of ether oxygens (including phenoxy) is 1. The number of cyclic esters (lactones) is 1. The molecule has 2 fully saturated rings. The van der Waals surface area contributed by atoms with Crippen LogP contribution in [0.15, 0.2) is 91.0 Å². The SMILES string of the molecule is CC(C)(C)[Si](OC[C@@H]1[C@@H](C(=O)N2CCOC2=O)CON1Cc1ccccc1)(c1ccccc1)c1ccccc1. The van der Waals surface area contributed by atoms with Gasteiger partial charge in [0.05, 0.1) is 31.7 Å². The zero-order chi connectivity index (χ0) is 27.5. The zero-order valence-corrected chi connectivity index (χ0v) is 23.8. The van der Waals surface area contributed by atoms with E-state index in [0.29, 0.717) is 6.54 Å². The fourth-order valence-corrected chi connectivity index (χ4v) is 10.3. The van der Waals surface area contributed by atoms with Gasteiger partial charge in [0.15, 0.2) is 0 Å². The maximum Gasteiger partial charge on any atom is 0.416 e. The highest BCUT2D eigenvalue weighted by Crippen LogP contribution is 2.38. The number of carbonyl (C=O) groups excluding carboxylic acids is 2. The molecule has 0 radical (unpaired) electrons. The number of imide groups is 1. The Morgan fingerprint density at radius 1 is 0.923 bits per heavy atom. The maximum atomic E-state index is 13.6. The van der Waals surface area contributed by atoms with E-state index in [9.17, 15) is 9.59 Å². The molecule has 0 unspecified atom stereocenters. The number of carbonyl (C=O) groups is 2. The van der Waals surface area contributed by atoms with Gasteiger partial charge in [-0.1, -0.05) is 112 Å². The highest BCUT2D eigenvalue weighted by Gasteiger charge is 2.52. The smallest absolute Gasteiger partial charge is 0.416 e. The Hall–Kier alpha value is -3.30. The summed E-state index contributed by atoms with van der Waals surface area (Å²) >= 11 is 0. The van der Waals surface area contributed by atoms with Crippen molar-refractivity contribution in [3.8, 4) is 0 Å². The summed E-state index contributed by atoms with van der Waals surface area (Å²) in [6, 6.07) is 30.5. The normalized spacial score (nSPS) is 20.3. The van der Waals surface area contributed by atoms with Crippen molar-refractivity contribution in [3.05, 3.63) is 96.6 Å². The predicted octanol–water partition coefficient (Wildman–Crippen LogP) is 3.97. The van der Waals surface area contributed by atoms with Crippen LogP contribution in [0, 0.1) is 5.92 Å². The third kappa shape index (κ3) is 5.42. The molecule has 3 aromatic carbocycles. The van der Waals surface area contributed by atoms with E-state index in [2.05, 4.69) is 69.3 Å². The van der Waals surface area contributed by atoms with E-state index in [1.807, 2.05) is 47.5 Å². The van der Waals surface area contributed by atoms with E-state index >= 15 is 0 Å². The van der Waals surface area contributed by atoms with Gasteiger partial charge in [-0.25, -0.2) is 9.69 Å². The van der Waals surface area contributed by atoms with Crippen molar-refractivity contribution in [2.24, 2.45) is 5.92 Å². The molecule has 0 aromatic heterocycles. The fraction of sp³-hybridized carbons (Fsp3) is 0.355. The van der Waals surface area contributed by atoms with Gasteiger partial charge in [-0.2, -0.15) is 5.06 Å². The van der Waals surface area contributed by atoms with Gasteiger partial charge in [-0.05, 0) is 21.0 Å². The van der Waals surface area contributed by atoms with Crippen LogP contribution in [0.25, 0.3) is 0 Å². The van der Waals surface area contributed by atoms with E-state index in [1.165, 1.54) is 15.3 Å². The molecule has 0 N–H and O–H groups in total. The molecule has 0 saturated carbocycles. The third-order valence-corrected chi connectivity index (χ3v) is 12.7. The Kier molecular flexibility index (Phi) is 8.00. The van der Waals surface area contributed by atoms with Crippen molar-refractivity contribution in [3.63, 3.8) is 0 Å². The molecule has 0 spiro atoms. The largest absolute Gasteiger partial charge is 0.447 e. The summed E-state index contributed by atoms with van der Waals surface area (Å²) in [5.41, 5.74) is 1.07. The Bertz CT molecular complexity index is 1230. The molecule has 2 heterocycles. The van der Waals surface area contributed by atoms with E-state index in [1.54, 1.807) is 0 Å². The molecule has 3 aromatic rings. The third-order valence-electron chi connectivity index (χ3n) is 7.67. The molecule has 2 atom stereocenters. The fourth-order valence-electron chi connectivity index (χ4n) is 5.71. The number of hydrogen-bond acceptors (Lipinski definition) is 6. The van der Waals surface area contributed by atoms with Gasteiger partial charge in [-0.15, -0.1) is 0 Å². The van der Waals surface area contributed by atoms with Crippen LogP contribution in [0.4, 0.5) is 4.79 Å². The molecule has 0 aliphatic carbocycles. The monoisotopic (exact) mass is 544 g/mol. The molecule has 7 nitrogen and oxygen atoms in total. The molecule has 39 heavy (non-hydrogen) atoms. The van der Waals surface area contributed by atoms with E-state index in [4.69, 9.17) is 14.0 Å². The van der Waals surface area contributed by atoms with Gasteiger partial charge in [0, 0.05) is 6.54 Å². The van der Waals surface area contributed by atoms with Crippen molar-refractivity contribution in [2.75, 3.05) is 26.4 Å². The second-order valence-electron chi connectivity index (χ2n) is 11.1. The summed E-state index contributed by atoms with van der Waals surface area (Å²) in [4.78, 5) is 33.2. The highest BCUT2D eigenvalue weighted by molar-refractivity contribution is 6.99. The first-order valence-corrected chi connectivity index (χ1v) is 15.4. The minimum absolute atomic E-state index is 0.185. The number of benzene rings is 3. The van der Waals surface area contributed by atoms with Crippen LogP contribution in [0.2, 0.25) is 5.04 Å². The first kappa shape index (κ1) is 27.3. The molecule has 2 aliphatic heterocycles. The van der Waals surface area contributed by atoms with E-state index in [-0.39, 0.29) is 43.4 Å². The lowest BCUT2D eigenvalue weighted by Crippen LogP contribution is -2.67. The number of amides is 2. The highest BCUT2D eigenvalue weighted by atomic mass is 28.4. The molecule has 2 saturated heterocycles. The van der Waals surface area contributed by atoms with Gasteiger partial charge in [0.2, 0.25) is 5.91 Å². The lowest BCUT2D eigenvalue weighted by Gasteiger charge is -2.44. The first-order chi connectivity index (χ1) is 18.8. The summed E-state index contributed by atoms with van der Waals surface area (Å²) in [6.07, 6.45) is -0.590. The molecule has 0 bridgehead atoms. The van der Waals surface area contributed by atoms with Gasteiger partial charge in [0.1, 0.15) is 6.61 Å². The van der Waals surface area contributed by atoms with Crippen LogP contribution in [0.1, 0.15) is 26.3 Å². The standard InChI is InChI=1S/C31H36N2O5Si/c1-31(2,3)39(25-15-9-5-10-16-25,26-17-11-6-12-18-26)38-23-28-27(29(34)32-19-20-36-30(32)35)22-37-33(28)21-24-13-7-4-8-14-24/h4-18,27-28H,19-23H2,1-3H3/t27-,28+/m0/s1. The second-order valence-corrected chi connectivity index (χ2v) is 15.4. The minimum atomic E-state index is -2.85. The van der Waals surface area contributed by atoms with Gasteiger partial charge in [-0.3, -0.25) is 9.63 Å². The van der Waals surface area contributed by atoms with Crippen molar-refractivity contribution < 1.29 is 23.6 Å². The molecular weight excluding hydrogens is 508 g/mol. The lowest BCUT2D eigenvalue weighted by atomic mass is 10.0. The average Bonchev–Trinajstić information content (AvgIpc) is 3.55. The molecule has 8 heteroatoms. The van der Waals surface area contributed by atoms with Gasteiger partial charge >= 0.3 is 6.09 Å². The van der Waals surface area contributed by atoms with Crippen molar-refractivity contribution in [1.29, 1.82) is 0 Å². The summed E-state index contributed by atoms with van der Waals surface area (Å²) < 4.78 is 12.3. The molecule has 2 aliphatic rings. The summed E-state index contributed by atoms with van der Waals surface area (Å²) in [7, 11) is -2.85. The van der Waals surface area contributed by atoms with Crippen molar-refractivity contribution >= 4 is 30.7 Å². The minimum Gasteiger partial charge on any atom is -0.447 e. The zero-order valence-electron chi connectivity index (χ0n) is 22.8. The summed E-state index contributed by atoms with van der Waals surface area (Å²) in [5, 5.41) is 3.99. The lowest BCUT2D eigenvalue weighted by molar-refractivity contribution is -0.145. The van der Waals surface area contributed by atoms with Crippen molar-refractivity contribution in [2.45, 2.75) is 38.4 Å². The van der Waals surface area contributed by atoms with Crippen LogP contribution < -0.4 is 10.4 Å². The number of nitrogens with zero attached hydrogens (tertiary/aromatic N) is 2. The van der Waals surface area contributed by atoms with Crippen LogP contribution in [-0.2, 0) is 25.3 Å². The van der Waals surface area contributed by atoms with Gasteiger partial charge in [0.25, 0.3) is 8.32 Å². The van der Waals surface area contributed by atoms with Crippen LogP contribution in [0.3, 0.4) is 0 Å². The van der Waals surface area contributed by atoms with Crippen LogP contribution >= 0.6 is 0 Å². The number of rotatable bonds is 8. The molecule has 2 amide bonds. The van der Waals surface area contributed by atoms with E-state index < -0.39 is 20.3 Å². The number of hydrogen-bond donors (Lipinski definition) is 0.